The zero-order valence-electron chi connectivity index (χ0n) is 20.3. The highest BCUT2D eigenvalue weighted by Gasteiger charge is 2.41. The van der Waals surface area contributed by atoms with Crippen LogP contribution in [-0.2, 0) is 4.74 Å². The molecule has 0 aromatic rings. The monoisotopic (exact) mass is 441 g/mol. The third-order valence-corrected chi connectivity index (χ3v) is 8.78. The van der Waals surface area contributed by atoms with Crippen LogP contribution in [0.2, 0.25) is 0 Å². The molecule has 30 heavy (non-hydrogen) atoms. The molecular formula is C25H48ClN3O. The normalized spacial score (nSPS) is 36.7. The van der Waals surface area contributed by atoms with Crippen molar-refractivity contribution >= 4 is 11.6 Å². The lowest BCUT2D eigenvalue weighted by Gasteiger charge is -2.49. The van der Waals surface area contributed by atoms with Gasteiger partial charge in [-0.2, -0.15) is 0 Å². The van der Waals surface area contributed by atoms with Crippen molar-refractivity contribution in [2.45, 2.75) is 90.3 Å². The second kappa shape index (κ2) is 11.3. The Kier molecular flexibility index (Phi) is 9.34. The van der Waals surface area contributed by atoms with E-state index >= 15 is 0 Å². The number of rotatable bonds is 8. The molecule has 4 nitrogen and oxygen atoms in total. The zero-order valence-corrected chi connectivity index (χ0v) is 21.0. The molecule has 0 bridgehead atoms. The number of alkyl halides is 1. The van der Waals surface area contributed by atoms with Crippen LogP contribution in [0.5, 0.6) is 0 Å². The van der Waals surface area contributed by atoms with Crippen LogP contribution in [0.1, 0.15) is 72.6 Å². The van der Waals surface area contributed by atoms with E-state index in [1.165, 1.54) is 58.2 Å². The first-order chi connectivity index (χ1) is 14.3. The van der Waals surface area contributed by atoms with E-state index in [1.54, 1.807) is 7.11 Å². The summed E-state index contributed by atoms with van der Waals surface area (Å²) in [6.07, 6.45) is 9.14. The van der Waals surface area contributed by atoms with Crippen molar-refractivity contribution in [2.75, 3.05) is 39.8 Å². The van der Waals surface area contributed by atoms with Gasteiger partial charge < -0.3 is 15.0 Å². The summed E-state index contributed by atoms with van der Waals surface area (Å²) < 4.78 is 5.44. The number of piperidine rings is 2. The van der Waals surface area contributed by atoms with Gasteiger partial charge in [-0.05, 0) is 87.1 Å². The van der Waals surface area contributed by atoms with E-state index in [0.717, 1.165) is 37.3 Å². The summed E-state index contributed by atoms with van der Waals surface area (Å²) in [6.45, 7) is 15.7. The highest BCUT2D eigenvalue weighted by atomic mass is 35.5. The molecule has 2 heterocycles. The number of halogens is 1. The van der Waals surface area contributed by atoms with Crippen molar-refractivity contribution in [1.29, 1.82) is 0 Å². The molecular weight excluding hydrogens is 394 g/mol. The van der Waals surface area contributed by atoms with E-state index in [4.69, 9.17) is 16.3 Å². The van der Waals surface area contributed by atoms with Crippen LogP contribution in [0.15, 0.2) is 0 Å². The van der Waals surface area contributed by atoms with Crippen molar-refractivity contribution in [3.63, 3.8) is 0 Å². The minimum absolute atomic E-state index is 0.255. The molecule has 0 amide bonds. The second-order valence-corrected chi connectivity index (χ2v) is 12.1. The molecule has 3 unspecified atom stereocenters. The first kappa shape index (κ1) is 24.8. The molecule has 3 fully saturated rings. The average molecular weight is 442 g/mol. The Morgan fingerprint density at radius 3 is 2.40 bits per heavy atom. The summed E-state index contributed by atoms with van der Waals surface area (Å²) >= 11 is 6.38. The van der Waals surface area contributed by atoms with Crippen LogP contribution in [0.3, 0.4) is 0 Å². The van der Waals surface area contributed by atoms with Gasteiger partial charge in [-0.1, -0.05) is 27.7 Å². The number of nitrogens with one attached hydrogen (secondary N) is 2. The van der Waals surface area contributed by atoms with Crippen molar-refractivity contribution in [1.82, 2.24) is 15.5 Å². The number of methoxy groups -OCH3 is 1. The predicted octanol–water partition coefficient (Wildman–Crippen LogP) is 4.72. The van der Waals surface area contributed by atoms with Crippen LogP contribution >= 0.6 is 11.6 Å². The van der Waals surface area contributed by atoms with Gasteiger partial charge in [0.25, 0.3) is 0 Å². The minimum atomic E-state index is 0.255. The maximum absolute atomic E-state index is 6.38. The van der Waals surface area contributed by atoms with Crippen molar-refractivity contribution < 1.29 is 4.74 Å². The van der Waals surface area contributed by atoms with Crippen molar-refractivity contribution in [3.8, 4) is 0 Å². The quantitative estimate of drug-likeness (QED) is 0.534. The fourth-order valence-corrected chi connectivity index (χ4v) is 6.62. The predicted molar refractivity (Wildman–Crippen MR) is 128 cm³/mol. The lowest BCUT2D eigenvalue weighted by molar-refractivity contribution is 0.00417. The average Bonchev–Trinajstić information content (AvgIpc) is 2.71. The number of nitrogens with zero attached hydrogens (tertiary/aromatic N) is 1. The summed E-state index contributed by atoms with van der Waals surface area (Å²) in [5, 5.41) is 7.89. The fourth-order valence-electron chi connectivity index (χ4n) is 6.37. The van der Waals surface area contributed by atoms with Crippen LogP contribution in [0.4, 0.5) is 0 Å². The van der Waals surface area contributed by atoms with Gasteiger partial charge in [0.2, 0.25) is 0 Å². The first-order valence-electron chi connectivity index (χ1n) is 12.6. The molecule has 1 saturated carbocycles. The molecule has 1 aliphatic carbocycles. The zero-order chi connectivity index (χ0) is 21.7. The van der Waals surface area contributed by atoms with Gasteiger partial charge in [-0.15, -0.1) is 11.6 Å². The molecule has 0 aromatic heterocycles. The summed E-state index contributed by atoms with van der Waals surface area (Å²) in [6, 6.07) is 0.573. The number of likely N-dealkylation sites (tertiary alicyclic amines) is 1. The summed E-state index contributed by atoms with van der Waals surface area (Å²) in [7, 11) is 1.80. The molecule has 176 valence electrons. The molecule has 0 spiro atoms. The van der Waals surface area contributed by atoms with Gasteiger partial charge in [0.1, 0.15) is 6.23 Å². The molecule has 2 aliphatic heterocycles. The maximum atomic E-state index is 6.38. The van der Waals surface area contributed by atoms with E-state index in [9.17, 15) is 0 Å². The highest BCUT2D eigenvalue weighted by Crippen LogP contribution is 2.45. The Balaban J connectivity index is 1.47. The van der Waals surface area contributed by atoms with Gasteiger partial charge in [0, 0.05) is 38.2 Å². The Morgan fingerprint density at radius 1 is 1.10 bits per heavy atom. The van der Waals surface area contributed by atoms with Crippen molar-refractivity contribution in [3.05, 3.63) is 0 Å². The van der Waals surface area contributed by atoms with Crippen LogP contribution < -0.4 is 10.6 Å². The standard InChI is InChI=1S/C25H48ClN3O/c1-18(2)23(27-14-19-6-11-24(30-5)28-15-19)16-29-13-12-22(25(3,4)17-29)20-7-9-21(26)10-8-20/h18-24,27-28H,6-17H2,1-5H3/t19?,20?,21?,22?,23-,24?/m0/s1. The molecule has 2 N–H and O–H groups in total. The molecule has 4 atom stereocenters. The van der Waals surface area contributed by atoms with Gasteiger partial charge in [0.15, 0.2) is 0 Å². The second-order valence-electron chi connectivity index (χ2n) is 11.5. The topological polar surface area (TPSA) is 36.5 Å². The number of hydrogen-bond donors (Lipinski definition) is 2. The Morgan fingerprint density at radius 2 is 1.83 bits per heavy atom. The van der Waals surface area contributed by atoms with E-state index < -0.39 is 0 Å². The van der Waals surface area contributed by atoms with E-state index in [1.807, 2.05) is 0 Å². The molecule has 0 radical (unpaired) electrons. The molecule has 3 rings (SSSR count). The number of hydrogen-bond acceptors (Lipinski definition) is 4. The van der Waals surface area contributed by atoms with E-state index in [2.05, 4.69) is 43.2 Å². The van der Waals surface area contributed by atoms with Crippen LogP contribution in [-0.4, -0.2) is 62.4 Å². The summed E-state index contributed by atoms with van der Waals surface area (Å²) in [5.41, 5.74) is 0.409. The van der Waals surface area contributed by atoms with E-state index in [-0.39, 0.29) is 6.23 Å². The molecule has 3 aliphatic rings. The Bertz CT molecular complexity index is 499. The summed E-state index contributed by atoms with van der Waals surface area (Å²) in [5.74, 6) is 3.14. The largest absolute Gasteiger partial charge is 0.367 e. The third-order valence-electron chi connectivity index (χ3n) is 8.35. The molecule has 0 aromatic carbocycles. The van der Waals surface area contributed by atoms with Crippen LogP contribution in [0, 0.1) is 29.1 Å². The SMILES string of the molecule is COC1CCC(CN[C@@H](CN2CCC(C3CCC(Cl)CC3)C(C)(C)C2)C(C)C)CN1. The van der Waals surface area contributed by atoms with Crippen molar-refractivity contribution in [2.24, 2.45) is 29.1 Å². The minimum Gasteiger partial charge on any atom is -0.367 e. The van der Waals surface area contributed by atoms with Crippen LogP contribution in [0.25, 0.3) is 0 Å². The first-order valence-corrected chi connectivity index (χ1v) is 13.1. The van der Waals surface area contributed by atoms with E-state index in [0.29, 0.717) is 22.8 Å². The third kappa shape index (κ3) is 6.81. The Hall–Kier alpha value is 0.130. The van der Waals surface area contributed by atoms with Gasteiger partial charge in [-0.25, -0.2) is 0 Å². The lowest BCUT2D eigenvalue weighted by Crippen LogP contribution is -2.54. The van der Waals surface area contributed by atoms with Gasteiger partial charge >= 0.3 is 0 Å². The summed E-state index contributed by atoms with van der Waals surface area (Å²) in [4.78, 5) is 2.75. The maximum Gasteiger partial charge on any atom is 0.107 e. The lowest BCUT2D eigenvalue weighted by atomic mass is 9.64. The van der Waals surface area contributed by atoms with Gasteiger partial charge in [-0.3, -0.25) is 5.32 Å². The fraction of sp³-hybridized carbons (Fsp3) is 1.00. The highest BCUT2D eigenvalue weighted by molar-refractivity contribution is 6.20. The Labute approximate surface area is 191 Å². The molecule has 2 saturated heterocycles. The smallest absolute Gasteiger partial charge is 0.107 e. The number of ether oxygens (including phenoxy) is 1. The molecule has 5 heteroatoms. The van der Waals surface area contributed by atoms with Gasteiger partial charge in [0.05, 0.1) is 0 Å².